The van der Waals surface area contributed by atoms with Gasteiger partial charge < -0.3 is 4.74 Å². The second kappa shape index (κ2) is 6.56. The highest BCUT2D eigenvalue weighted by molar-refractivity contribution is 5.88. The molecule has 0 radical (unpaired) electrons. The first kappa shape index (κ1) is 14.6. The van der Waals surface area contributed by atoms with Gasteiger partial charge in [-0.05, 0) is 28.7 Å². The molecule has 0 aliphatic rings. The van der Waals surface area contributed by atoms with Gasteiger partial charge in [0.15, 0.2) is 0 Å². The van der Waals surface area contributed by atoms with Crippen molar-refractivity contribution in [2.45, 2.75) is 39.7 Å². The van der Waals surface area contributed by atoms with Crippen molar-refractivity contribution in [2.75, 3.05) is 0 Å². The van der Waals surface area contributed by atoms with E-state index >= 15 is 0 Å². The zero-order valence-corrected chi connectivity index (χ0v) is 12.4. The summed E-state index contributed by atoms with van der Waals surface area (Å²) in [6, 6.07) is 14.2. The molecule has 0 fully saturated rings. The van der Waals surface area contributed by atoms with E-state index in [1.807, 2.05) is 24.3 Å². The van der Waals surface area contributed by atoms with Crippen molar-refractivity contribution in [1.29, 1.82) is 0 Å². The van der Waals surface area contributed by atoms with Crippen molar-refractivity contribution >= 4 is 16.7 Å². The molecule has 2 aromatic carbocycles. The minimum atomic E-state index is -0.137. The molecule has 1 atom stereocenters. The molecule has 1 unspecified atom stereocenters. The standard InChI is InChI=1S/C18H22O2/c1-4-17(13(2)3)20-18(19)12-15-10-7-9-14-8-5-6-11-16(14)15/h5-11,13,17H,4,12H2,1-3H3. The quantitative estimate of drug-likeness (QED) is 0.755. The minimum Gasteiger partial charge on any atom is -0.462 e. The van der Waals surface area contributed by atoms with E-state index in [1.54, 1.807) is 0 Å². The smallest absolute Gasteiger partial charge is 0.310 e. The highest BCUT2D eigenvalue weighted by Gasteiger charge is 2.17. The van der Waals surface area contributed by atoms with Gasteiger partial charge in [-0.2, -0.15) is 0 Å². The van der Waals surface area contributed by atoms with Gasteiger partial charge in [-0.3, -0.25) is 4.79 Å². The monoisotopic (exact) mass is 270 g/mol. The fourth-order valence-electron chi connectivity index (χ4n) is 2.50. The lowest BCUT2D eigenvalue weighted by molar-refractivity contribution is -0.150. The SMILES string of the molecule is CCC(OC(=O)Cc1cccc2ccccc12)C(C)C. The number of fused-ring (bicyclic) bond motifs is 1. The maximum Gasteiger partial charge on any atom is 0.310 e. The molecule has 0 aliphatic carbocycles. The maximum atomic E-state index is 12.1. The normalized spacial score (nSPS) is 12.6. The molecule has 20 heavy (non-hydrogen) atoms. The number of rotatable bonds is 5. The number of benzene rings is 2. The molecule has 2 heteroatoms. The van der Waals surface area contributed by atoms with Crippen molar-refractivity contribution in [2.24, 2.45) is 5.92 Å². The average molecular weight is 270 g/mol. The Hall–Kier alpha value is -1.83. The van der Waals surface area contributed by atoms with Gasteiger partial charge in [0.2, 0.25) is 0 Å². The Labute approximate surface area is 120 Å². The second-order valence-electron chi connectivity index (χ2n) is 5.50. The molecule has 2 rings (SSSR count). The Bertz CT molecular complexity index is 581. The Morgan fingerprint density at radius 1 is 1.10 bits per heavy atom. The van der Waals surface area contributed by atoms with Crippen molar-refractivity contribution in [3.63, 3.8) is 0 Å². The molecule has 0 aromatic heterocycles. The molecule has 106 valence electrons. The van der Waals surface area contributed by atoms with E-state index in [2.05, 4.69) is 39.0 Å². The predicted octanol–water partition coefficient (Wildman–Crippen LogP) is 4.36. The van der Waals surface area contributed by atoms with Crippen LogP contribution in [-0.4, -0.2) is 12.1 Å². The van der Waals surface area contributed by atoms with Crippen molar-refractivity contribution in [1.82, 2.24) is 0 Å². The minimum absolute atomic E-state index is 0.0116. The van der Waals surface area contributed by atoms with Crippen LogP contribution in [0.15, 0.2) is 42.5 Å². The Balaban J connectivity index is 2.14. The fraction of sp³-hybridized carbons (Fsp3) is 0.389. The van der Waals surface area contributed by atoms with Gasteiger partial charge in [0.05, 0.1) is 6.42 Å². The van der Waals surface area contributed by atoms with Crippen LogP contribution in [0, 0.1) is 5.92 Å². The number of hydrogen-bond donors (Lipinski definition) is 0. The number of esters is 1. The molecule has 0 saturated carbocycles. The van der Waals surface area contributed by atoms with Crippen LogP contribution in [0.1, 0.15) is 32.8 Å². The van der Waals surface area contributed by atoms with Gasteiger partial charge in [0, 0.05) is 0 Å². The summed E-state index contributed by atoms with van der Waals surface area (Å²) in [5, 5.41) is 2.29. The lowest BCUT2D eigenvalue weighted by Crippen LogP contribution is -2.23. The number of hydrogen-bond acceptors (Lipinski definition) is 2. The molecule has 2 aromatic rings. The topological polar surface area (TPSA) is 26.3 Å². The summed E-state index contributed by atoms with van der Waals surface area (Å²) in [4.78, 5) is 12.1. The Kier molecular flexibility index (Phi) is 4.78. The number of ether oxygens (including phenoxy) is 1. The third-order valence-electron chi connectivity index (χ3n) is 3.64. The van der Waals surface area contributed by atoms with Gasteiger partial charge in [0.25, 0.3) is 0 Å². The first-order valence-corrected chi connectivity index (χ1v) is 7.28. The molecule has 0 bridgehead atoms. The first-order valence-electron chi connectivity index (χ1n) is 7.28. The van der Waals surface area contributed by atoms with Crippen molar-refractivity contribution in [3.8, 4) is 0 Å². The van der Waals surface area contributed by atoms with Gasteiger partial charge in [-0.25, -0.2) is 0 Å². The zero-order chi connectivity index (χ0) is 14.5. The molecule has 0 aliphatic heterocycles. The van der Waals surface area contributed by atoms with E-state index in [1.165, 1.54) is 0 Å². The van der Waals surface area contributed by atoms with Crippen LogP contribution in [0.25, 0.3) is 10.8 Å². The Morgan fingerprint density at radius 2 is 1.80 bits per heavy atom. The van der Waals surface area contributed by atoms with E-state index in [4.69, 9.17) is 4.74 Å². The molecular formula is C18H22O2. The van der Waals surface area contributed by atoms with E-state index in [0.29, 0.717) is 12.3 Å². The maximum absolute atomic E-state index is 12.1. The summed E-state index contributed by atoms with van der Waals surface area (Å²) in [5.74, 6) is 0.221. The summed E-state index contributed by atoms with van der Waals surface area (Å²) in [6.07, 6.45) is 1.21. The van der Waals surface area contributed by atoms with Crippen LogP contribution in [-0.2, 0) is 16.0 Å². The summed E-state index contributed by atoms with van der Waals surface area (Å²) >= 11 is 0. The van der Waals surface area contributed by atoms with Gasteiger partial charge in [0.1, 0.15) is 6.10 Å². The lowest BCUT2D eigenvalue weighted by atomic mass is 10.0. The summed E-state index contributed by atoms with van der Waals surface area (Å²) in [5.41, 5.74) is 1.03. The number of carbonyl (C=O) groups excluding carboxylic acids is 1. The molecule has 0 spiro atoms. The summed E-state index contributed by atoms with van der Waals surface area (Å²) < 4.78 is 5.57. The van der Waals surface area contributed by atoms with Crippen LogP contribution in [0.5, 0.6) is 0 Å². The zero-order valence-electron chi connectivity index (χ0n) is 12.4. The van der Waals surface area contributed by atoms with E-state index in [0.717, 1.165) is 22.8 Å². The van der Waals surface area contributed by atoms with Gasteiger partial charge in [-0.15, -0.1) is 0 Å². The van der Waals surface area contributed by atoms with Crippen molar-refractivity contribution < 1.29 is 9.53 Å². The average Bonchev–Trinajstić information content (AvgIpc) is 2.45. The highest BCUT2D eigenvalue weighted by Crippen LogP contribution is 2.20. The van der Waals surface area contributed by atoms with Crippen molar-refractivity contribution in [3.05, 3.63) is 48.0 Å². The molecule has 0 amide bonds. The molecule has 2 nitrogen and oxygen atoms in total. The van der Waals surface area contributed by atoms with Crippen LogP contribution in [0.3, 0.4) is 0 Å². The first-order chi connectivity index (χ1) is 9.61. The van der Waals surface area contributed by atoms with Crippen LogP contribution < -0.4 is 0 Å². The Morgan fingerprint density at radius 3 is 2.50 bits per heavy atom. The summed E-state index contributed by atoms with van der Waals surface area (Å²) in [6.45, 7) is 6.22. The van der Waals surface area contributed by atoms with E-state index in [9.17, 15) is 4.79 Å². The highest BCUT2D eigenvalue weighted by atomic mass is 16.5. The van der Waals surface area contributed by atoms with E-state index < -0.39 is 0 Å². The molecule has 0 saturated heterocycles. The largest absolute Gasteiger partial charge is 0.462 e. The van der Waals surface area contributed by atoms with Gasteiger partial charge in [-0.1, -0.05) is 63.2 Å². The van der Waals surface area contributed by atoms with E-state index in [-0.39, 0.29) is 12.1 Å². The van der Waals surface area contributed by atoms with Crippen LogP contribution in [0.2, 0.25) is 0 Å². The lowest BCUT2D eigenvalue weighted by Gasteiger charge is -2.19. The van der Waals surface area contributed by atoms with Crippen LogP contribution >= 0.6 is 0 Å². The van der Waals surface area contributed by atoms with Crippen LogP contribution in [0.4, 0.5) is 0 Å². The third-order valence-corrected chi connectivity index (χ3v) is 3.64. The molecular weight excluding hydrogens is 248 g/mol. The predicted molar refractivity (Wildman–Crippen MR) is 82.7 cm³/mol. The third kappa shape index (κ3) is 3.38. The summed E-state index contributed by atoms with van der Waals surface area (Å²) in [7, 11) is 0. The number of carbonyl (C=O) groups is 1. The fourth-order valence-corrected chi connectivity index (χ4v) is 2.50. The second-order valence-corrected chi connectivity index (χ2v) is 5.50. The molecule has 0 N–H and O–H groups in total. The van der Waals surface area contributed by atoms with Gasteiger partial charge >= 0.3 is 5.97 Å². The molecule has 0 heterocycles.